The summed E-state index contributed by atoms with van der Waals surface area (Å²) in [6.07, 6.45) is 0. The number of rotatable bonds is 4. The Kier molecular flexibility index (Phi) is 4.62. The monoisotopic (exact) mass is 316 g/mol. The van der Waals surface area contributed by atoms with E-state index in [4.69, 9.17) is 4.74 Å². The van der Waals surface area contributed by atoms with Gasteiger partial charge >= 0.3 is 5.97 Å². The Morgan fingerprint density at radius 1 is 1.33 bits per heavy atom. The van der Waals surface area contributed by atoms with E-state index in [-0.39, 0.29) is 12.2 Å². The average Bonchev–Trinajstić information content (AvgIpc) is 2.26. The molecule has 0 heterocycles. The molecule has 98 valence electrons. The maximum absolute atomic E-state index is 13.2. The fourth-order valence-corrected chi connectivity index (χ4v) is 1.92. The van der Waals surface area contributed by atoms with E-state index < -0.39 is 23.0 Å². The smallest absolute Gasteiger partial charge is 0.319 e. The topological polar surface area (TPSA) is 43.4 Å². The van der Waals surface area contributed by atoms with Gasteiger partial charge in [-0.2, -0.15) is 0 Å². The van der Waals surface area contributed by atoms with Crippen molar-refractivity contribution >= 4 is 27.7 Å². The molecule has 0 bridgehead atoms. The van der Waals surface area contributed by atoms with Gasteiger partial charge in [-0.25, -0.2) is 4.39 Å². The SMILES string of the molecule is CCOC(=O)C(C)(C)C(=O)c1cc(F)cc(Br)c1. The molecule has 3 nitrogen and oxygen atoms in total. The van der Waals surface area contributed by atoms with Crippen LogP contribution in [-0.4, -0.2) is 18.4 Å². The highest BCUT2D eigenvalue weighted by Crippen LogP contribution is 2.26. The summed E-state index contributed by atoms with van der Waals surface area (Å²) in [6.45, 7) is 4.79. The summed E-state index contributed by atoms with van der Waals surface area (Å²) in [5, 5.41) is 0. The van der Waals surface area contributed by atoms with E-state index in [0.717, 1.165) is 6.07 Å². The summed E-state index contributed by atoms with van der Waals surface area (Å²) in [4.78, 5) is 23.9. The van der Waals surface area contributed by atoms with Gasteiger partial charge in [-0.3, -0.25) is 9.59 Å². The van der Waals surface area contributed by atoms with Crippen molar-refractivity contribution in [2.75, 3.05) is 6.61 Å². The molecular weight excluding hydrogens is 303 g/mol. The van der Waals surface area contributed by atoms with Gasteiger partial charge in [-0.1, -0.05) is 15.9 Å². The maximum Gasteiger partial charge on any atom is 0.319 e. The Bertz CT molecular complexity index is 463. The van der Waals surface area contributed by atoms with Gasteiger partial charge in [0.05, 0.1) is 6.61 Å². The van der Waals surface area contributed by atoms with Crippen LogP contribution in [0.5, 0.6) is 0 Å². The van der Waals surface area contributed by atoms with Gasteiger partial charge in [0.2, 0.25) is 0 Å². The van der Waals surface area contributed by atoms with Gasteiger partial charge in [-0.05, 0) is 39.0 Å². The minimum Gasteiger partial charge on any atom is -0.465 e. The molecule has 0 saturated heterocycles. The molecule has 1 rings (SSSR count). The third-order valence-electron chi connectivity index (χ3n) is 2.48. The van der Waals surface area contributed by atoms with Crippen LogP contribution in [0.3, 0.4) is 0 Å². The fraction of sp³-hybridized carbons (Fsp3) is 0.385. The molecule has 0 saturated carbocycles. The summed E-state index contributed by atoms with van der Waals surface area (Å²) in [5.74, 6) is -1.62. The van der Waals surface area contributed by atoms with Crippen molar-refractivity contribution in [2.45, 2.75) is 20.8 Å². The van der Waals surface area contributed by atoms with Crippen molar-refractivity contribution in [1.82, 2.24) is 0 Å². The van der Waals surface area contributed by atoms with Gasteiger partial charge in [-0.15, -0.1) is 0 Å². The fourth-order valence-electron chi connectivity index (χ4n) is 1.45. The van der Waals surface area contributed by atoms with Gasteiger partial charge in [0.15, 0.2) is 5.78 Å². The Hall–Kier alpha value is -1.23. The van der Waals surface area contributed by atoms with Crippen LogP contribution >= 0.6 is 15.9 Å². The number of esters is 1. The average molecular weight is 317 g/mol. The van der Waals surface area contributed by atoms with Crippen molar-refractivity contribution in [1.29, 1.82) is 0 Å². The minimum absolute atomic E-state index is 0.139. The van der Waals surface area contributed by atoms with E-state index in [2.05, 4.69) is 15.9 Å². The first kappa shape index (κ1) is 14.8. The number of ketones is 1. The van der Waals surface area contributed by atoms with Gasteiger partial charge in [0.1, 0.15) is 11.2 Å². The van der Waals surface area contributed by atoms with Crippen LogP contribution in [0.25, 0.3) is 0 Å². The molecule has 5 heteroatoms. The van der Waals surface area contributed by atoms with Crippen LogP contribution in [0.4, 0.5) is 4.39 Å². The third kappa shape index (κ3) is 3.16. The highest BCUT2D eigenvalue weighted by Gasteiger charge is 2.38. The number of hydrogen-bond acceptors (Lipinski definition) is 3. The number of carbonyl (C=O) groups excluding carboxylic acids is 2. The summed E-state index contributed by atoms with van der Waals surface area (Å²) in [5.41, 5.74) is -1.19. The predicted octanol–water partition coefficient (Wildman–Crippen LogP) is 3.36. The third-order valence-corrected chi connectivity index (χ3v) is 2.94. The lowest BCUT2D eigenvalue weighted by atomic mass is 9.84. The van der Waals surface area contributed by atoms with E-state index in [1.165, 1.54) is 26.0 Å². The molecule has 18 heavy (non-hydrogen) atoms. The highest BCUT2D eigenvalue weighted by molar-refractivity contribution is 9.10. The lowest BCUT2D eigenvalue weighted by Gasteiger charge is -2.20. The number of halogens is 2. The molecule has 0 spiro atoms. The lowest BCUT2D eigenvalue weighted by molar-refractivity contribution is -0.150. The minimum atomic E-state index is -1.33. The first-order valence-electron chi connectivity index (χ1n) is 5.47. The first-order valence-corrected chi connectivity index (χ1v) is 6.26. The van der Waals surface area contributed by atoms with Gasteiger partial charge in [0, 0.05) is 10.0 Å². The molecule has 0 fully saturated rings. The second-order valence-electron chi connectivity index (χ2n) is 4.33. The second kappa shape index (κ2) is 5.61. The van der Waals surface area contributed by atoms with Crippen molar-refractivity contribution < 1.29 is 18.7 Å². The quantitative estimate of drug-likeness (QED) is 0.486. The van der Waals surface area contributed by atoms with E-state index in [1.54, 1.807) is 6.92 Å². The van der Waals surface area contributed by atoms with Crippen LogP contribution in [0.15, 0.2) is 22.7 Å². The zero-order valence-corrected chi connectivity index (χ0v) is 12.0. The summed E-state index contributed by atoms with van der Waals surface area (Å²) < 4.78 is 18.5. The van der Waals surface area contributed by atoms with Crippen molar-refractivity contribution in [3.63, 3.8) is 0 Å². The van der Waals surface area contributed by atoms with E-state index >= 15 is 0 Å². The molecule has 0 unspecified atom stereocenters. The number of carbonyl (C=O) groups is 2. The summed E-state index contributed by atoms with van der Waals surface area (Å²) in [6, 6.07) is 3.83. The Balaban J connectivity index is 3.09. The van der Waals surface area contributed by atoms with Crippen molar-refractivity contribution in [3.05, 3.63) is 34.1 Å². The largest absolute Gasteiger partial charge is 0.465 e. The normalized spacial score (nSPS) is 11.2. The van der Waals surface area contributed by atoms with Crippen molar-refractivity contribution in [3.8, 4) is 0 Å². The number of ether oxygens (including phenoxy) is 1. The van der Waals surface area contributed by atoms with Crippen LogP contribution in [0.1, 0.15) is 31.1 Å². The van der Waals surface area contributed by atoms with Crippen LogP contribution in [0, 0.1) is 11.2 Å². The van der Waals surface area contributed by atoms with E-state index in [9.17, 15) is 14.0 Å². The molecule has 0 aromatic heterocycles. The molecule has 0 radical (unpaired) electrons. The molecule has 0 N–H and O–H groups in total. The summed E-state index contributed by atoms with van der Waals surface area (Å²) in [7, 11) is 0. The van der Waals surface area contributed by atoms with Crippen molar-refractivity contribution in [2.24, 2.45) is 5.41 Å². The molecule has 0 amide bonds. The standard InChI is InChI=1S/C13H14BrFO3/c1-4-18-12(17)13(2,3)11(16)8-5-9(14)7-10(15)6-8/h5-7H,4H2,1-3H3. The zero-order chi connectivity index (χ0) is 13.9. The van der Waals surface area contributed by atoms with Crippen LogP contribution < -0.4 is 0 Å². The predicted molar refractivity (Wildman–Crippen MR) is 68.8 cm³/mol. The molecule has 0 atom stereocenters. The molecule has 0 aliphatic rings. The Labute approximate surface area is 113 Å². The van der Waals surface area contributed by atoms with E-state index in [1.807, 2.05) is 0 Å². The van der Waals surface area contributed by atoms with E-state index in [0.29, 0.717) is 4.47 Å². The molecule has 0 aliphatic heterocycles. The lowest BCUT2D eigenvalue weighted by Crippen LogP contribution is -2.35. The molecule has 0 aliphatic carbocycles. The highest BCUT2D eigenvalue weighted by atomic mass is 79.9. The number of benzene rings is 1. The molecule has 1 aromatic carbocycles. The first-order chi connectivity index (χ1) is 8.28. The summed E-state index contributed by atoms with van der Waals surface area (Å²) >= 11 is 3.11. The van der Waals surface area contributed by atoms with Gasteiger partial charge < -0.3 is 4.74 Å². The maximum atomic E-state index is 13.2. The van der Waals surface area contributed by atoms with Crippen LogP contribution in [0.2, 0.25) is 0 Å². The van der Waals surface area contributed by atoms with Gasteiger partial charge in [0.25, 0.3) is 0 Å². The molecular formula is C13H14BrFO3. The second-order valence-corrected chi connectivity index (χ2v) is 5.25. The Morgan fingerprint density at radius 2 is 1.94 bits per heavy atom. The number of hydrogen-bond donors (Lipinski definition) is 0. The van der Waals surface area contributed by atoms with Crippen LogP contribution in [-0.2, 0) is 9.53 Å². The zero-order valence-electron chi connectivity index (χ0n) is 10.4. The Morgan fingerprint density at radius 3 is 2.44 bits per heavy atom. The molecule has 1 aromatic rings. The number of Topliss-reactive ketones (excluding diaryl/α,β-unsaturated/α-hetero) is 1.